The lowest BCUT2D eigenvalue weighted by Gasteiger charge is -2.12. The van der Waals surface area contributed by atoms with Gasteiger partial charge in [0.1, 0.15) is 11.6 Å². The first-order valence-corrected chi connectivity index (χ1v) is 7.02. The van der Waals surface area contributed by atoms with Crippen LogP contribution in [0.5, 0.6) is 5.75 Å². The lowest BCUT2D eigenvalue weighted by atomic mass is 10.1. The van der Waals surface area contributed by atoms with E-state index in [1.54, 1.807) is 7.11 Å². The van der Waals surface area contributed by atoms with E-state index in [-0.39, 0.29) is 0 Å². The van der Waals surface area contributed by atoms with Crippen molar-refractivity contribution in [1.29, 1.82) is 0 Å². The Labute approximate surface area is 120 Å². The summed E-state index contributed by atoms with van der Waals surface area (Å²) in [6.45, 7) is 2.07. The summed E-state index contributed by atoms with van der Waals surface area (Å²) in [5.41, 5.74) is 0. The summed E-state index contributed by atoms with van der Waals surface area (Å²) in [5.74, 6) is 1.83. The van der Waals surface area contributed by atoms with Crippen molar-refractivity contribution in [1.82, 2.24) is 9.88 Å². The number of hydrogen-bond acceptors (Lipinski definition) is 4. The Balaban J connectivity index is 2.03. The quantitative estimate of drug-likeness (QED) is 0.787. The maximum absolute atomic E-state index is 5.39. The zero-order chi connectivity index (χ0) is 14.4. The van der Waals surface area contributed by atoms with Crippen LogP contribution in [0.4, 0.5) is 5.82 Å². The highest BCUT2D eigenvalue weighted by atomic mass is 16.5. The maximum atomic E-state index is 5.39. The molecule has 0 amide bonds. The predicted octanol–water partition coefficient (Wildman–Crippen LogP) is 3.00. The van der Waals surface area contributed by atoms with Crippen LogP contribution in [0.3, 0.4) is 0 Å². The van der Waals surface area contributed by atoms with Gasteiger partial charge in [-0.05, 0) is 45.6 Å². The van der Waals surface area contributed by atoms with Crippen molar-refractivity contribution in [2.75, 3.05) is 39.6 Å². The fourth-order valence-electron chi connectivity index (χ4n) is 2.26. The first-order chi connectivity index (χ1) is 9.72. The highest BCUT2D eigenvalue weighted by Gasteiger charge is 2.05. The van der Waals surface area contributed by atoms with Crippen LogP contribution in [0.25, 0.3) is 10.8 Å². The number of anilines is 1. The van der Waals surface area contributed by atoms with E-state index in [0.29, 0.717) is 0 Å². The molecule has 2 aromatic rings. The summed E-state index contributed by atoms with van der Waals surface area (Å²) < 4.78 is 5.39. The molecule has 0 saturated carbocycles. The number of methoxy groups -OCH3 is 1. The van der Waals surface area contributed by atoms with Gasteiger partial charge in [-0.1, -0.05) is 12.1 Å². The topological polar surface area (TPSA) is 37.4 Å². The molecule has 0 spiro atoms. The van der Waals surface area contributed by atoms with Crippen LogP contribution in [0.2, 0.25) is 0 Å². The minimum absolute atomic E-state index is 0.889. The Morgan fingerprint density at radius 1 is 1.15 bits per heavy atom. The molecule has 1 N–H and O–H groups in total. The number of nitrogens with one attached hydrogen (secondary N) is 1. The van der Waals surface area contributed by atoms with Crippen LogP contribution >= 0.6 is 0 Å². The summed E-state index contributed by atoms with van der Waals surface area (Å²) in [5, 5.41) is 5.64. The number of fused-ring (bicyclic) bond motifs is 1. The average molecular weight is 273 g/mol. The van der Waals surface area contributed by atoms with Crippen molar-refractivity contribution in [3.63, 3.8) is 0 Å². The van der Waals surface area contributed by atoms with Crippen LogP contribution in [0.1, 0.15) is 12.8 Å². The van der Waals surface area contributed by atoms with Gasteiger partial charge in [-0.25, -0.2) is 4.98 Å². The van der Waals surface area contributed by atoms with Crippen LogP contribution < -0.4 is 10.1 Å². The minimum atomic E-state index is 0.889. The van der Waals surface area contributed by atoms with Gasteiger partial charge in [-0.2, -0.15) is 0 Å². The molecule has 4 heteroatoms. The second-order valence-electron chi connectivity index (χ2n) is 5.15. The second-order valence-corrected chi connectivity index (χ2v) is 5.15. The molecule has 2 rings (SSSR count). The van der Waals surface area contributed by atoms with E-state index in [2.05, 4.69) is 35.4 Å². The maximum Gasteiger partial charge on any atom is 0.133 e. The summed E-state index contributed by atoms with van der Waals surface area (Å²) in [6.07, 6.45) is 4.15. The fourth-order valence-corrected chi connectivity index (χ4v) is 2.26. The molecule has 0 unspecified atom stereocenters. The van der Waals surface area contributed by atoms with Crippen LogP contribution in [-0.2, 0) is 0 Å². The van der Waals surface area contributed by atoms with Gasteiger partial charge >= 0.3 is 0 Å². The van der Waals surface area contributed by atoms with E-state index in [4.69, 9.17) is 4.74 Å². The lowest BCUT2D eigenvalue weighted by Crippen LogP contribution is -2.14. The molecular formula is C16H23N3O. The third-order valence-electron chi connectivity index (χ3n) is 3.31. The molecule has 0 atom stereocenters. The van der Waals surface area contributed by atoms with Gasteiger partial charge in [0.05, 0.1) is 7.11 Å². The lowest BCUT2D eigenvalue weighted by molar-refractivity contribution is 0.396. The predicted molar refractivity (Wildman–Crippen MR) is 84.6 cm³/mol. The molecule has 4 nitrogen and oxygen atoms in total. The van der Waals surface area contributed by atoms with Crippen LogP contribution in [0.15, 0.2) is 30.5 Å². The number of pyridine rings is 1. The Bertz CT molecular complexity index is 554. The van der Waals surface area contributed by atoms with E-state index < -0.39 is 0 Å². The van der Waals surface area contributed by atoms with E-state index in [1.165, 1.54) is 6.42 Å². The molecule has 0 aliphatic carbocycles. The number of aromatic nitrogens is 1. The smallest absolute Gasteiger partial charge is 0.133 e. The van der Waals surface area contributed by atoms with Crippen molar-refractivity contribution >= 4 is 16.6 Å². The molecule has 20 heavy (non-hydrogen) atoms. The summed E-state index contributed by atoms with van der Waals surface area (Å²) in [6, 6.07) is 8.04. The zero-order valence-electron chi connectivity index (χ0n) is 12.5. The average Bonchev–Trinajstić information content (AvgIpc) is 2.46. The monoisotopic (exact) mass is 273 g/mol. The van der Waals surface area contributed by atoms with Gasteiger partial charge in [0, 0.05) is 23.5 Å². The van der Waals surface area contributed by atoms with Gasteiger partial charge in [-0.3, -0.25) is 0 Å². The van der Waals surface area contributed by atoms with E-state index in [1.807, 2.05) is 24.4 Å². The molecule has 0 radical (unpaired) electrons. The molecule has 108 valence electrons. The van der Waals surface area contributed by atoms with E-state index >= 15 is 0 Å². The molecule has 0 aliphatic rings. The van der Waals surface area contributed by atoms with Crippen molar-refractivity contribution in [2.24, 2.45) is 0 Å². The largest absolute Gasteiger partial charge is 0.496 e. The van der Waals surface area contributed by atoms with Crippen LogP contribution in [0, 0.1) is 0 Å². The first kappa shape index (κ1) is 14.6. The summed E-state index contributed by atoms with van der Waals surface area (Å²) >= 11 is 0. The molecule has 1 heterocycles. The van der Waals surface area contributed by atoms with Crippen LogP contribution in [-0.4, -0.2) is 44.2 Å². The molecule has 1 aromatic carbocycles. The van der Waals surface area contributed by atoms with E-state index in [9.17, 15) is 0 Å². The number of ether oxygens (including phenoxy) is 1. The molecule has 1 aromatic heterocycles. The molecule has 0 saturated heterocycles. The highest BCUT2D eigenvalue weighted by Crippen LogP contribution is 2.28. The first-order valence-electron chi connectivity index (χ1n) is 7.02. The van der Waals surface area contributed by atoms with Gasteiger partial charge in [0.15, 0.2) is 0 Å². The number of benzene rings is 1. The minimum Gasteiger partial charge on any atom is -0.496 e. The number of unbranched alkanes of at least 4 members (excludes halogenated alkanes) is 1. The Hall–Kier alpha value is -1.81. The van der Waals surface area contributed by atoms with E-state index in [0.717, 1.165) is 41.9 Å². The van der Waals surface area contributed by atoms with Gasteiger partial charge in [-0.15, -0.1) is 0 Å². The summed E-state index contributed by atoms with van der Waals surface area (Å²) in [4.78, 5) is 6.65. The second kappa shape index (κ2) is 7.10. The molecule has 0 bridgehead atoms. The third-order valence-corrected chi connectivity index (χ3v) is 3.31. The molecule has 0 aliphatic heterocycles. The fraction of sp³-hybridized carbons (Fsp3) is 0.438. The van der Waals surface area contributed by atoms with Gasteiger partial charge < -0.3 is 15.0 Å². The number of rotatable bonds is 7. The third kappa shape index (κ3) is 3.61. The Kier molecular flexibility index (Phi) is 5.18. The van der Waals surface area contributed by atoms with Crippen molar-refractivity contribution in [2.45, 2.75) is 12.8 Å². The Morgan fingerprint density at radius 2 is 2.00 bits per heavy atom. The molecular weight excluding hydrogens is 250 g/mol. The standard InChI is InChI=1S/C16H23N3O/c1-19(2)12-5-4-10-17-16-14-7-6-8-15(20-3)13(14)9-11-18-16/h6-9,11H,4-5,10,12H2,1-3H3,(H,17,18). The molecule has 0 fully saturated rings. The number of nitrogens with zero attached hydrogens (tertiary/aromatic N) is 2. The highest BCUT2D eigenvalue weighted by molar-refractivity contribution is 5.95. The SMILES string of the molecule is COc1cccc2c(NCCCCN(C)C)nccc12. The van der Waals surface area contributed by atoms with Crippen molar-refractivity contribution < 1.29 is 4.74 Å². The zero-order valence-corrected chi connectivity index (χ0v) is 12.5. The normalized spacial score (nSPS) is 11.0. The summed E-state index contributed by atoms with van der Waals surface area (Å²) in [7, 11) is 5.90. The van der Waals surface area contributed by atoms with Gasteiger partial charge in [0.2, 0.25) is 0 Å². The van der Waals surface area contributed by atoms with Crippen molar-refractivity contribution in [3.05, 3.63) is 30.5 Å². The van der Waals surface area contributed by atoms with Crippen molar-refractivity contribution in [3.8, 4) is 5.75 Å². The van der Waals surface area contributed by atoms with Gasteiger partial charge in [0.25, 0.3) is 0 Å². The number of hydrogen-bond donors (Lipinski definition) is 1. The Morgan fingerprint density at radius 3 is 2.75 bits per heavy atom.